The summed E-state index contributed by atoms with van der Waals surface area (Å²) in [6.07, 6.45) is -6.67. The number of nitrogens with zero attached hydrogens (tertiary/aromatic N) is 4. The number of fused-ring (bicyclic) bond motifs is 1. The number of halogens is 7. The van der Waals surface area contributed by atoms with E-state index in [1.807, 2.05) is 16.7 Å². The molecule has 2 amide bonds. The molecule has 2 aromatic heterocycles. The van der Waals surface area contributed by atoms with Crippen LogP contribution in [0.15, 0.2) is 41.0 Å². The molecule has 0 aromatic carbocycles. The molecule has 2 aliphatic rings. The van der Waals surface area contributed by atoms with Gasteiger partial charge in [0, 0.05) is 30.0 Å². The van der Waals surface area contributed by atoms with E-state index in [1.54, 1.807) is 12.4 Å². The average Bonchev–Trinajstić information content (AvgIpc) is 3.34. The number of nitrogens with two attached hydrogens (primary N) is 2. The van der Waals surface area contributed by atoms with Crippen molar-refractivity contribution in [3.63, 3.8) is 0 Å². The van der Waals surface area contributed by atoms with Crippen molar-refractivity contribution < 1.29 is 75.0 Å². The Morgan fingerprint density at radius 3 is 2.14 bits per heavy atom. The number of thioether (sulfide) groups is 1. The van der Waals surface area contributed by atoms with E-state index in [2.05, 4.69) is 15.5 Å². The van der Waals surface area contributed by atoms with Crippen LogP contribution in [0, 0.1) is 0 Å². The second-order valence-corrected chi connectivity index (χ2v) is 11.8. The van der Waals surface area contributed by atoms with Crippen LogP contribution >= 0.6 is 34.7 Å². The van der Waals surface area contributed by atoms with Crippen molar-refractivity contribution in [3.8, 4) is 0 Å². The molecule has 1 saturated heterocycles. The molecule has 49 heavy (non-hydrogen) atoms. The number of amides is 2. The van der Waals surface area contributed by atoms with Gasteiger partial charge in [-0.1, -0.05) is 28.1 Å². The summed E-state index contributed by atoms with van der Waals surface area (Å²) in [6, 6.07) is 2.74. The fraction of sp³-hybridized carbons (Fsp3) is 0.333. The predicted octanol–water partition coefficient (Wildman–Crippen LogP) is -0.154. The van der Waals surface area contributed by atoms with Gasteiger partial charge in [0.15, 0.2) is 29.8 Å². The summed E-state index contributed by atoms with van der Waals surface area (Å²) in [6.45, 7) is 0.692. The van der Waals surface area contributed by atoms with Crippen molar-refractivity contribution in [2.45, 2.75) is 36.9 Å². The van der Waals surface area contributed by atoms with Gasteiger partial charge in [0.1, 0.15) is 40.2 Å². The Morgan fingerprint density at radius 1 is 1.18 bits per heavy atom. The Kier molecular flexibility index (Phi) is 13.7. The SMILES string of the molecule is CO/N=C(\C(=O)N[C@@H]1C(=O)N2C(C(=O)O)=C(C[n+]3ccc(CN)cc3)CS[C@H]12)c1nc(N)sc1Cl.O=C(O)C(F)(F)F.O=C([O-])C(F)(F)F. The molecule has 0 spiro atoms. The predicted molar refractivity (Wildman–Crippen MR) is 154 cm³/mol. The fourth-order valence-electron chi connectivity index (χ4n) is 3.71. The van der Waals surface area contributed by atoms with E-state index >= 15 is 0 Å². The Hall–Kier alpha value is -4.68. The lowest BCUT2D eigenvalue weighted by atomic mass is 10.0. The van der Waals surface area contributed by atoms with Gasteiger partial charge < -0.3 is 41.7 Å². The molecule has 1 fully saturated rings. The molecular weight excluding hydrogens is 744 g/mol. The molecule has 2 atom stereocenters. The molecule has 25 heteroatoms. The number of aliphatic carboxylic acids is 3. The van der Waals surface area contributed by atoms with E-state index in [4.69, 9.17) is 47.7 Å². The highest BCUT2D eigenvalue weighted by Gasteiger charge is 2.55. The Labute approximate surface area is 282 Å². The number of nitrogen functional groups attached to an aromatic ring is 1. The maximum absolute atomic E-state index is 13.0. The van der Waals surface area contributed by atoms with Gasteiger partial charge in [0.25, 0.3) is 11.8 Å². The number of carbonyl (C=O) groups is 5. The summed E-state index contributed by atoms with van der Waals surface area (Å²) < 4.78 is 65.2. The number of aromatic nitrogens is 2. The number of carbonyl (C=O) groups excluding carboxylic acids is 3. The number of pyridine rings is 1. The fourth-order valence-corrected chi connectivity index (χ4v) is 5.97. The number of hydrogen-bond donors (Lipinski definition) is 5. The number of alkyl halides is 6. The zero-order valence-electron chi connectivity index (χ0n) is 24.2. The summed E-state index contributed by atoms with van der Waals surface area (Å²) in [5.41, 5.74) is 12.5. The number of anilines is 1. The Morgan fingerprint density at radius 2 is 1.73 bits per heavy atom. The van der Waals surface area contributed by atoms with Crippen molar-refractivity contribution in [2.24, 2.45) is 10.9 Å². The highest BCUT2D eigenvalue weighted by molar-refractivity contribution is 8.00. The van der Waals surface area contributed by atoms with Gasteiger partial charge in [-0.15, -0.1) is 11.8 Å². The monoisotopic (exact) mass is 765 g/mol. The number of rotatable bonds is 8. The van der Waals surface area contributed by atoms with Gasteiger partial charge in [-0.3, -0.25) is 14.5 Å². The third-order valence-corrected chi connectivity index (χ3v) is 8.23. The lowest BCUT2D eigenvalue weighted by Gasteiger charge is -2.49. The molecule has 268 valence electrons. The second kappa shape index (κ2) is 16.6. The van der Waals surface area contributed by atoms with Crippen LogP contribution in [0.5, 0.6) is 0 Å². The van der Waals surface area contributed by atoms with Crippen molar-refractivity contribution >= 4 is 75.3 Å². The quantitative estimate of drug-likeness (QED) is 0.0772. The minimum Gasteiger partial charge on any atom is -0.542 e. The highest BCUT2D eigenvalue weighted by Crippen LogP contribution is 2.40. The maximum Gasteiger partial charge on any atom is 0.490 e. The molecule has 0 radical (unpaired) electrons. The molecular formula is C24H22ClF6N7O9S2. The molecule has 0 saturated carbocycles. The van der Waals surface area contributed by atoms with Crippen LogP contribution in [0.3, 0.4) is 0 Å². The van der Waals surface area contributed by atoms with E-state index in [0.717, 1.165) is 16.9 Å². The third-order valence-electron chi connectivity index (χ3n) is 5.80. The Balaban J connectivity index is 0.000000500. The summed E-state index contributed by atoms with van der Waals surface area (Å²) in [4.78, 5) is 65.6. The van der Waals surface area contributed by atoms with Gasteiger partial charge in [-0.2, -0.15) is 26.3 Å². The van der Waals surface area contributed by atoms with Gasteiger partial charge in [-0.25, -0.2) is 19.1 Å². The zero-order chi connectivity index (χ0) is 37.4. The van der Waals surface area contributed by atoms with E-state index in [1.165, 1.54) is 23.8 Å². The van der Waals surface area contributed by atoms with Gasteiger partial charge in [-0.05, 0) is 5.56 Å². The van der Waals surface area contributed by atoms with Crippen LogP contribution in [0.1, 0.15) is 11.3 Å². The van der Waals surface area contributed by atoms with E-state index < -0.39 is 53.5 Å². The minimum absolute atomic E-state index is 0.0273. The van der Waals surface area contributed by atoms with Crippen molar-refractivity contribution in [3.05, 3.63) is 51.4 Å². The molecule has 7 N–H and O–H groups in total. The number of hydrogen-bond acceptors (Lipinski definition) is 13. The van der Waals surface area contributed by atoms with Crippen LogP contribution in [0.2, 0.25) is 4.34 Å². The summed E-state index contributed by atoms with van der Waals surface area (Å²) >= 11 is 8.42. The number of thiazole rings is 1. The molecule has 2 aliphatic heterocycles. The van der Waals surface area contributed by atoms with Crippen LogP contribution in [0.4, 0.5) is 31.5 Å². The van der Waals surface area contributed by atoms with Gasteiger partial charge in [0.2, 0.25) is 0 Å². The number of β-lactam (4-membered cyclic amide) rings is 1. The summed E-state index contributed by atoms with van der Waals surface area (Å²) in [5, 5.41) is 31.6. The second-order valence-electron chi connectivity index (χ2n) is 9.09. The lowest BCUT2D eigenvalue weighted by molar-refractivity contribution is -0.689. The third kappa shape index (κ3) is 10.7. The normalized spacial score (nSPS) is 17.4. The Bertz CT molecular complexity index is 1630. The number of nitrogens with one attached hydrogen (secondary N) is 1. The first-order valence-electron chi connectivity index (χ1n) is 12.6. The van der Waals surface area contributed by atoms with E-state index in [0.29, 0.717) is 24.4 Å². The van der Waals surface area contributed by atoms with Crippen LogP contribution in [-0.2, 0) is 41.9 Å². The van der Waals surface area contributed by atoms with Crippen LogP contribution < -0.4 is 26.5 Å². The van der Waals surface area contributed by atoms with Crippen LogP contribution in [-0.4, -0.2) is 92.2 Å². The smallest absolute Gasteiger partial charge is 0.490 e. The molecule has 2 aromatic rings. The molecule has 0 bridgehead atoms. The topological polar surface area (TPSA) is 255 Å². The summed E-state index contributed by atoms with van der Waals surface area (Å²) in [5.74, 6) is -7.91. The van der Waals surface area contributed by atoms with Crippen molar-refractivity contribution in [2.75, 3.05) is 18.6 Å². The zero-order valence-corrected chi connectivity index (χ0v) is 26.6. The average molecular weight is 766 g/mol. The van der Waals surface area contributed by atoms with Crippen LogP contribution in [0.25, 0.3) is 0 Å². The molecule has 0 aliphatic carbocycles. The number of oxime groups is 1. The van der Waals surface area contributed by atoms with Gasteiger partial charge >= 0.3 is 24.3 Å². The van der Waals surface area contributed by atoms with Gasteiger partial charge in [0.05, 0.1) is 0 Å². The first kappa shape index (κ1) is 40.5. The van der Waals surface area contributed by atoms with E-state index in [9.17, 15) is 45.8 Å². The maximum atomic E-state index is 13.0. The molecule has 16 nitrogen and oxygen atoms in total. The lowest BCUT2D eigenvalue weighted by Crippen LogP contribution is -2.71. The number of carboxylic acids is 3. The first-order valence-corrected chi connectivity index (χ1v) is 14.9. The largest absolute Gasteiger partial charge is 0.542 e. The van der Waals surface area contributed by atoms with Crippen molar-refractivity contribution in [1.29, 1.82) is 0 Å². The first-order chi connectivity index (χ1) is 22.6. The number of carboxylic acid groups (broad SMARTS) is 3. The standard InChI is InChI=1S/C20H20ClN7O5S2.2C2HF3O2/c1-33-26-12(11-15(21)35-20(23)25-11)16(29)24-13-17(30)28-14(19(31)32)10(8-34-18(13)28)7-27-4-2-9(6-22)3-5-27;2*3-2(4,5)1(6)7/h2-5,13,18H,6-8,22H2,1H3,(H3-,23,24,25,29,31,32);2*(H,6,7)/b26-12-;;/t13-,18-;;/m1../s1. The molecule has 0 unspecified atom stereocenters. The van der Waals surface area contributed by atoms with E-state index in [-0.39, 0.29) is 26.6 Å². The molecule has 4 heterocycles. The summed E-state index contributed by atoms with van der Waals surface area (Å²) in [7, 11) is 1.25. The molecule has 4 rings (SSSR count). The highest BCUT2D eigenvalue weighted by atomic mass is 35.5. The van der Waals surface area contributed by atoms with Crippen molar-refractivity contribution in [1.82, 2.24) is 15.2 Å². The minimum atomic E-state index is -5.19.